The van der Waals surface area contributed by atoms with Gasteiger partial charge in [0, 0.05) is 17.6 Å². The maximum Gasteiger partial charge on any atom is 0.288 e. The second-order valence-corrected chi connectivity index (χ2v) is 5.05. The van der Waals surface area contributed by atoms with E-state index < -0.39 is 4.92 Å². The van der Waals surface area contributed by atoms with Gasteiger partial charge in [0.25, 0.3) is 5.69 Å². The van der Waals surface area contributed by atoms with Gasteiger partial charge in [0.1, 0.15) is 12.0 Å². The van der Waals surface area contributed by atoms with Crippen LogP contribution >= 0.6 is 27.5 Å². The van der Waals surface area contributed by atoms with E-state index in [0.29, 0.717) is 21.9 Å². The molecule has 0 bridgehead atoms. The van der Waals surface area contributed by atoms with Crippen LogP contribution in [0, 0.1) is 10.1 Å². The predicted molar refractivity (Wildman–Crippen MR) is 77.4 cm³/mol. The van der Waals surface area contributed by atoms with E-state index in [9.17, 15) is 10.1 Å². The summed E-state index contributed by atoms with van der Waals surface area (Å²) >= 11 is 9.05. The first-order valence-electron chi connectivity index (χ1n) is 5.34. The average Bonchev–Trinajstić information content (AvgIpc) is 2.39. The summed E-state index contributed by atoms with van der Waals surface area (Å²) in [6.45, 7) is 0.556. The molecule has 7 heteroatoms. The third kappa shape index (κ3) is 3.65. The van der Waals surface area contributed by atoms with Gasteiger partial charge in [0.05, 0.1) is 9.40 Å². The summed E-state index contributed by atoms with van der Waals surface area (Å²) in [4.78, 5) is 14.1. The number of nitrogens with one attached hydrogen (secondary N) is 1. The molecule has 0 saturated carbocycles. The van der Waals surface area contributed by atoms with Crippen molar-refractivity contribution in [3.63, 3.8) is 0 Å². The second-order valence-electron chi connectivity index (χ2n) is 3.76. The molecule has 19 heavy (non-hydrogen) atoms. The zero-order valence-electron chi connectivity index (χ0n) is 9.64. The van der Waals surface area contributed by atoms with Crippen molar-refractivity contribution >= 4 is 39.0 Å². The van der Waals surface area contributed by atoms with E-state index in [-0.39, 0.29) is 5.69 Å². The Kier molecular flexibility index (Phi) is 4.34. The summed E-state index contributed by atoms with van der Waals surface area (Å²) in [5.41, 5.74) is 0.986. The number of rotatable bonds is 4. The Morgan fingerprint density at radius 1 is 1.37 bits per heavy atom. The summed E-state index contributed by atoms with van der Waals surface area (Å²) in [6, 6.07) is 8.81. The number of nitro groups is 1. The summed E-state index contributed by atoms with van der Waals surface area (Å²) in [6.07, 6.45) is 1.22. The molecule has 0 fully saturated rings. The van der Waals surface area contributed by atoms with E-state index in [1.54, 1.807) is 12.1 Å². The maximum atomic E-state index is 10.6. The second kappa shape index (κ2) is 5.99. The quantitative estimate of drug-likeness (QED) is 0.673. The van der Waals surface area contributed by atoms with Crippen molar-refractivity contribution in [1.29, 1.82) is 0 Å². The van der Waals surface area contributed by atoms with Crippen LogP contribution in [0.3, 0.4) is 0 Å². The van der Waals surface area contributed by atoms with Gasteiger partial charge in [-0.3, -0.25) is 10.1 Å². The first-order chi connectivity index (χ1) is 9.06. The van der Waals surface area contributed by atoms with Crippen LogP contribution < -0.4 is 5.32 Å². The SMILES string of the molecule is O=[N+]([O-])c1cnc(NCc2ccc(Cl)cc2)c(Br)c1. The molecular weight excluding hydrogens is 334 g/mol. The third-order valence-corrected chi connectivity index (χ3v) is 3.27. The van der Waals surface area contributed by atoms with Gasteiger partial charge < -0.3 is 5.32 Å². The Bertz CT molecular complexity index is 604. The molecule has 1 aromatic heterocycles. The number of nitrogens with zero attached hydrogens (tertiary/aromatic N) is 2. The monoisotopic (exact) mass is 341 g/mol. The van der Waals surface area contributed by atoms with Crippen molar-refractivity contribution in [3.8, 4) is 0 Å². The van der Waals surface area contributed by atoms with Crippen molar-refractivity contribution in [2.75, 3.05) is 5.32 Å². The lowest BCUT2D eigenvalue weighted by atomic mass is 10.2. The lowest BCUT2D eigenvalue weighted by Crippen LogP contribution is -2.02. The molecule has 5 nitrogen and oxygen atoms in total. The van der Waals surface area contributed by atoms with Crippen molar-refractivity contribution in [3.05, 3.63) is 61.7 Å². The number of pyridine rings is 1. The van der Waals surface area contributed by atoms with Crippen LogP contribution in [0.25, 0.3) is 0 Å². The van der Waals surface area contributed by atoms with E-state index in [1.165, 1.54) is 12.3 Å². The highest BCUT2D eigenvalue weighted by atomic mass is 79.9. The van der Waals surface area contributed by atoms with Crippen LogP contribution in [0.5, 0.6) is 0 Å². The molecular formula is C12H9BrClN3O2. The van der Waals surface area contributed by atoms with E-state index in [1.807, 2.05) is 12.1 Å². The van der Waals surface area contributed by atoms with Crippen LogP contribution in [0.2, 0.25) is 5.02 Å². The van der Waals surface area contributed by atoms with Crippen LogP contribution in [-0.4, -0.2) is 9.91 Å². The first kappa shape index (κ1) is 13.8. The third-order valence-electron chi connectivity index (χ3n) is 2.41. The Labute approximate surface area is 122 Å². The molecule has 0 aliphatic heterocycles. The highest BCUT2D eigenvalue weighted by molar-refractivity contribution is 9.10. The molecule has 98 valence electrons. The molecule has 0 saturated heterocycles. The van der Waals surface area contributed by atoms with Crippen LogP contribution in [-0.2, 0) is 6.54 Å². The predicted octanol–water partition coefficient (Wildman–Crippen LogP) is 4.02. The van der Waals surface area contributed by atoms with Crippen molar-refractivity contribution < 1.29 is 4.92 Å². The molecule has 1 aromatic carbocycles. The summed E-state index contributed by atoms with van der Waals surface area (Å²) in [5.74, 6) is 0.556. The minimum atomic E-state index is -0.485. The van der Waals surface area contributed by atoms with Gasteiger partial charge in [0.2, 0.25) is 0 Å². The number of aromatic nitrogens is 1. The Morgan fingerprint density at radius 2 is 2.05 bits per heavy atom. The Hall–Kier alpha value is -1.66. The summed E-state index contributed by atoms with van der Waals surface area (Å²) in [5, 5.41) is 14.4. The lowest BCUT2D eigenvalue weighted by molar-refractivity contribution is -0.385. The molecule has 0 atom stereocenters. The minimum Gasteiger partial charge on any atom is -0.365 e. The molecule has 1 heterocycles. The Balaban J connectivity index is 2.07. The van der Waals surface area contributed by atoms with E-state index in [4.69, 9.17) is 11.6 Å². The Morgan fingerprint density at radius 3 is 2.63 bits per heavy atom. The molecule has 0 aliphatic rings. The van der Waals surface area contributed by atoms with E-state index in [2.05, 4.69) is 26.2 Å². The van der Waals surface area contributed by atoms with Crippen molar-refractivity contribution in [1.82, 2.24) is 4.98 Å². The number of hydrogen-bond acceptors (Lipinski definition) is 4. The topological polar surface area (TPSA) is 68.1 Å². The maximum absolute atomic E-state index is 10.6. The first-order valence-corrected chi connectivity index (χ1v) is 6.51. The fourth-order valence-corrected chi connectivity index (χ4v) is 2.05. The molecule has 0 spiro atoms. The molecule has 0 amide bonds. The van der Waals surface area contributed by atoms with E-state index in [0.717, 1.165) is 5.56 Å². The minimum absolute atomic E-state index is 0.0519. The van der Waals surface area contributed by atoms with Crippen LogP contribution in [0.4, 0.5) is 11.5 Å². The normalized spacial score (nSPS) is 10.2. The van der Waals surface area contributed by atoms with Crippen LogP contribution in [0.1, 0.15) is 5.56 Å². The van der Waals surface area contributed by atoms with Gasteiger partial charge in [0.15, 0.2) is 0 Å². The molecule has 1 N–H and O–H groups in total. The molecule has 0 aliphatic carbocycles. The largest absolute Gasteiger partial charge is 0.365 e. The van der Waals surface area contributed by atoms with Gasteiger partial charge in [-0.25, -0.2) is 4.98 Å². The van der Waals surface area contributed by atoms with E-state index >= 15 is 0 Å². The summed E-state index contributed by atoms with van der Waals surface area (Å²) in [7, 11) is 0. The summed E-state index contributed by atoms with van der Waals surface area (Å²) < 4.78 is 0.552. The standard InChI is InChI=1S/C12H9BrClN3O2/c13-11-5-10(17(18)19)7-16-12(11)15-6-8-1-3-9(14)4-2-8/h1-5,7H,6H2,(H,15,16). The van der Waals surface area contributed by atoms with Gasteiger partial charge in [-0.2, -0.15) is 0 Å². The zero-order valence-corrected chi connectivity index (χ0v) is 12.0. The average molecular weight is 343 g/mol. The van der Waals surface area contributed by atoms with Gasteiger partial charge >= 0.3 is 0 Å². The number of hydrogen-bond donors (Lipinski definition) is 1. The highest BCUT2D eigenvalue weighted by Gasteiger charge is 2.10. The lowest BCUT2D eigenvalue weighted by Gasteiger charge is -2.07. The smallest absolute Gasteiger partial charge is 0.288 e. The number of anilines is 1. The number of halogens is 2. The number of benzene rings is 1. The van der Waals surface area contributed by atoms with Crippen molar-refractivity contribution in [2.45, 2.75) is 6.54 Å². The fraction of sp³-hybridized carbons (Fsp3) is 0.0833. The van der Waals surface area contributed by atoms with Gasteiger partial charge in [-0.15, -0.1) is 0 Å². The molecule has 2 aromatic rings. The van der Waals surface area contributed by atoms with Gasteiger partial charge in [-0.05, 0) is 33.6 Å². The van der Waals surface area contributed by atoms with Crippen LogP contribution in [0.15, 0.2) is 41.0 Å². The molecule has 0 radical (unpaired) electrons. The molecule has 0 unspecified atom stereocenters. The van der Waals surface area contributed by atoms with Crippen molar-refractivity contribution in [2.24, 2.45) is 0 Å². The van der Waals surface area contributed by atoms with Gasteiger partial charge in [-0.1, -0.05) is 23.7 Å². The highest BCUT2D eigenvalue weighted by Crippen LogP contribution is 2.24. The molecule has 2 rings (SSSR count). The zero-order chi connectivity index (χ0) is 13.8. The fourth-order valence-electron chi connectivity index (χ4n) is 1.45.